The van der Waals surface area contributed by atoms with Crippen molar-refractivity contribution < 1.29 is 9.84 Å². The summed E-state index contributed by atoms with van der Waals surface area (Å²) in [4.78, 5) is 2.34. The molecule has 0 amide bonds. The van der Waals surface area contributed by atoms with E-state index < -0.39 is 0 Å². The van der Waals surface area contributed by atoms with E-state index in [9.17, 15) is 5.11 Å². The first-order valence-corrected chi connectivity index (χ1v) is 7.01. The van der Waals surface area contributed by atoms with Crippen molar-refractivity contribution in [2.24, 2.45) is 0 Å². The van der Waals surface area contributed by atoms with E-state index >= 15 is 0 Å². The Bertz CT molecular complexity index is 559. The number of phenols is 1. The summed E-state index contributed by atoms with van der Waals surface area (Å²) in [5.41, 5.74) is 3.42. The van der Waals surface area contributed by atoms with Gasteiger partial charge in [-0.3, -0.25) is 0 Å². The summed E-state index contributed by atoms with van der Waals surface area (Å²) in [7, 11) is 0. The predicted molar refractivity (Wildman–Crippen MR) is 80.4 cm³/mol. The molecule has 0 unspecified atom stereocenters. The molecule has 1 fully saturated rings. The lowest BCUT2D eigenvalue weighted by Crippen LogP contribution is -2.36. The molecule has 3 rings (SSSR count). The first kappa shape index (κ1) is 13.0. The van der Waals surface area contributed by atoms with E-state index in [-0.39, 0.29) is 0 Å². The van der Waals surface area contributed by atoms with Crippen LogP contribution in [-0.2, 0) is 11.2 Å². The van der Waals surface area contributed by atoms with Gasteiger partial charge in [0.25, 0.3) is 0 Å². The molecule has 104 valence electrons. The molecule has 0 aromatic heterocycles. The van der Waals surface area contributed by atoms with Crippen molar-refractivity contribution in [1.29, 1.82) is 0 Å². The zero-order valence-electron chi connectivity index (χ0n) is 11.5. The van der Waals surface area contributed by atoms with Gasteiger partial charge in [-0.05, 0) is 29.3 Å². The normalized spacial score (nSPS) is 15.3. The number of para-hydroxylation sites is 1. The lowest BCUT2D eigenvalue weighted by Gasteiger charge is -2.28. The van der Waals surface area contributed by atoms with Crippen molar-refractivity contribution in [2.45, 2.75) is 6.42 Å². The van der Waals surface area contributed by atoms with Crippen molar-refractivity contribution in [3.05, 3.63) is 59.7 Å². The van der Waals surface area contributed by atoms with Gasteiger partial charge in [0.15, 0.2) is 0 Å². The zero-order chi connectivity index (χ0) is 13.8. The van der Waals surface area contributed by atoms with Crippen molar-refractivity contribution in [2.75, 3.05) is 31.2 Å². The average molecular weight is 269 g/mol. The van der Waals surface area contributed by atoms with Crippen LogP contribution >= 0.6 is 0 Å². The molecular formula is C17H19NO2. The average Bonchev–Trinajstić information content (AvgIpc) is 2.51. The monoisotopic (exact) mass is 269 g/mol. The molecule has 2 aromatic carbocycles. The van der Waals surface area contributed by atoms with Gasteiger partial charge in [0.2, 0.25) is 0 Å². The van der Waals surface area contributed by atoms with Crippen LogP contribution in [0, 0.1) is 0 Å². The Kier molecular flexibility index (Phi) is 3.88. The molecule has 0 atom stereocenters. The summed E-state index contributed by atoms with van der Waals surface area (Å²) in [6.07, 6.45) is 0.760. The Morgan fingerprint density at radius 3 is 2.35 bits per heavy atom. The van der Waals surface area contributed by atoms with Crippen molar-refractivity contribution >= 4 is 5.69 Å². The van der Waals surface area contributed by atoms with Crippen LogP contribution in [0.1, 0.15) is 11.1 Å². The van der Waals surface area contributed by atoms with Crippen LogP contribution in [0.2, 0.25) is 0 Å². The topological polar surface area (TPSA) is 32.7 Å². The standard InChI is InChI=1S/C17H19NO2/c19-17-4-2-1-3-15(17)13-14-5-7-16(8-6-14)18-9-11-20-12-10-18/h1-8,19H,9-13H2. The number of morpholine rings is 1. The number of aromatic hydroxyl groups is 1. The molecule has 3 nitrogen and oxygen atoms in total. The Labute approximate surface area is 119 Å². The minimum atomic E-state index is 0.366. The van der Waals surface area contributed by atoms with Gasteiger partial charge >= 0.3 is 0 Å². The summed E-state index contributed by atoms with van der Waals surface area (Å²) < 4.78 is 5.37. The van der Waals surface area contributed by atoms with Gasteiger partial charge in [0.1, 0.15) is 5.75 Å². The maximum Gasteiger partial charge on any atom is 0.119 e. The highest BCUT2D eigenvalue weighted by molar-refractivity contribution is 5.49. The van der Waals surface area contributed by atoms with Gasteiger partial charge in [-0.25, -0.2) is 0 Å². The number of hydrogen-bond donors (Lipinski definition) is 1. The first-order valence-electron chi connectivity index (χ1n) is 7.01. The van der Waals surface area contributed by atoms with Gasteiger partial charge in [-0.15, -0.1) is 0 Å². The number of rotatable bonds is 3. The predicted octanol–water partition coefficient (Wildman–Crippen LogP) is 2.82. The highest BCUT2D eigenvalue weighted by Crippen LogP contribution is 2.22. The first-order chi connectivity index (χ1) is 9.83. The molecule has 0 spiro atoms. The van der Waals surface area contributed by atoms with E-state index in [0.29, 0.717) is 5.75 Å². The fourth-order valence-corrected chi connectivity index (χ4v) is 2.53. The third kappa shape index (κ3) is 2.94. The zero-order valence-corrected chi connectivity index (χ0v) is 11.5. The quantitative estimate of drug-likeness (QED) is 0.930. The molecule has 3 heteroatoms. The van der Waals surface area contributed by atoms with Crippen LogP contribution in [0.3, 0.4) is 0 Å². The molecule has 1 saturated heterocycles. The largest absolute Gasteiger partial charge is 0.508 e. The van der Waals surface area contributed by atoms with Crippen LogP contribution in [0.15, 0.2) is 48.5 Å². The van der Waals surface area contributed by atoms with E-state index in [2.05, 4.69) is 29.2 Å². The van der Waals surface area contributed by atoms with E-state index in [1.807, 2.05) is 18.2 Å². The molecule has 1 heterocycles. The second kappa shape index (κ2) is 5.97. The van der Waals surface area contributed by atoms with Crippen LogP contribution in [0.4, 0.5) is 5.69 Å². The Morgan fingerprint density at radius 1 is 0.950 bits per heavy atom. The number of hydrogen-bond acceptors (Lipinski definition) is 3. The molecular weight excluding hydrogens is 250 g/mol. The van der Waals surface area contributed by atoms with Gasteiger partial charge in [-0.1, -0.05) is 30.3 Å². The molecule has 1 aliphatic rings. The molecule has 2 aromatic rings. The smallest absolute Gasteiger partial charge is 0.119 e. The van der Waals surface area contributed by atoms with E-state index in [1.54, 1.807) is 6.07 Å². The second-order valence-corrected chi connectivity index (χ2v) is 5.07. The van der Waals surface area contributed by atoms with Gasteiger partial charge < -0.3 is 14.7 Å². The number of nitrogens with zero attached hydrogens (tertiary/aromatic N) is 1. The van der Waals surface area contributed by atoms with E-state index in [1.165, 1.54) is 11.3 Å². The van der Waals surface area contributed by atoms with Gasteiger partial charge in [-0.2, -0.15) is 0 Å². The second-order valence-electron chi connectivity index (χ2n) is 5.07. The summed E-state index contributed by atoms with van der Waals surface area (Å²) in [6, 6.07) is 16.1. The molecule has 0 saturated carbocycles. The van der Waals surface area contributed by atoms with Crippen LogP contribution in [-0.4, -0.2) is 31.4 Å². The Morgan fingerprint density at radius 2 is 1.65 bits per heavy atom. The maximum atomic E-state index is 9.81. The fraction of sp³-hybridized carbons (Fsp3) is 0.294. The molecule has 0 bridgehead atoms. The molecule has 0 aliphatic carbocycles. The lowest BCUT2D eigenvalue weighted by atomic mass is 10.0. The van der Waals surface area contributed by atoms with Gasteiger partial charge in [0.05, 0.1) is 13.2 Å². The van der Waals surface area contributed by atoms with E-state index in [0.717, 1.165) is 38.3 Å². The summed E-state index contributed by atoms with van der Waals surface area (Å²) >= 11 is 0. The van der Waals surface area contributed by atoms with Gasteiger partial charge in [0, 0.05) is 25.2 Å². The number of phenolic OH excluding ortho intramolecular Hbond substituents is 1. The molecule has 0 radical (unpaired) electrons. The lowest BCUT2D eigenvalue weighted by molar-refractivity contribution is 0.122. The van der Waals surface area contributed by atoms with Crippen LogP contribution in [0.25, 0.3) is 0 Å². The summed E-state index contributed by atoms with van der Waals surface area (Å²) in [5, 5.41) is 9.81. The number of anilines is 1. The van der Waals surface area contributed by atoms with Crippen LogP contribution in [0.5, 0.6) is 5.75 Å². The summed E-state index contributed by atoms with van der Waals surface area (Å²) in [5.74, 6) is 0.366. The minimum Gasteiger partial charge on any atom is -0.508 e. The number of benzene rings is 2. The fourth-order valence-electron chi connectivity index (χ4n) is 2.53. The third-order valence-corrected chi connectivity index (χ3v) is 3.70. The van der Waals surface area contributed by atoms with Crippen molar-refractivity contribution in [3.8, 4) is 5.75 Å². The van der Waals surface area contributed by atoms with E-state index in [4.69, 9.17) is 4.74 Å². The molecule has 1 aliphatic heterocycles. The molecule has 20 heavy (non-hydrogen) atoms. The highest BCUT2D eigenvalue weighted by atomic mass is 16.5. The van der Waals surface area contributed by atoms with Crippen molar-refractivity contribution in [3.63, 3.8) is 0 Å². The third-order valence-electron chi connectivity index (χ3n) is 3.70. The Balaban J connectivity index is 1.71. The summed E-state index contributed by atoms with van der Waals surface area (Å²) in [6.45, 7) is 3.52. The maximum absolute atomic E-state index is 9.81. The SMILES string of the molecule is Oc1ccccc1Cc1ccc(N2CCOCC2)cc1. The highest BCUT2D eigenvalue weighted by Gasteiger charge is 2.10. The van der Waals surface area contributed by atoms with Crippen LogP contribution < -0.4 is 4.90 Å². The minimum absolute atomic E-state index is 0.366. The molecule has 1 N–H and O–H groups in total. The Hall–Kier alpha value is -2.00. The van der Waals surface area contributed by atoms with Crippen molar-refractivity contribution in [1.82, 2.24) is 0 Å². The number of ether oxygens (including phenoxy) is 1.